The van der Waals surface area contributed by atoms with Gasteiger partial charge in [-0.3, -0.25) is 9.59 Å². The maximum atomic E-state index is 12.1. The number of piperidine rings is 1. The Balaban J connectivity index is 0.00000338. The van der Waals surface area contributed by atoms with Gasteiger partial charge >= 0.3 is 0 Å². The van der Waals surface area contributed by atoms with Gasteiger partial charge in [-0.25, -0.2) is 0 Å². The first-order valence-electron chi connectivity index (χ1n) is 9.04. The number of rotatable bonds is 7. The van der Waals surface area contributed by atoms with Crippen molar-refractivity contribution in [1.82, 2.24) is 10.6 Å². The minimum Gasteiger partial charge on any atom is -0.352 e. The third-order valence-corrected chi connectivity index (χ3v) is 4.72. The molecule has 1 heterocycles. The molecule has 0 bridgehead atoms. The first-order chi connectivity index (χ1) is 12.0. The van der Waals surface area contributed by atoms with Gasteiger partial charge in [0, 0.05) is 18.7 Å². The first-order valence-corrected chi connectivity index (χ1v) is 9.42. The predicted molar refractivity (Wildman–Crippen MR) is 109 cm³/mol. The molecule has 2 amide bonds. The Kier molecular flexibility index (Phi) is 9.99. The highest BCUT2D eigenvalue weighted by Gasteiger charge is 2.15. The van der Waals surface area contributed by atoms with Gasteiger partial charge in [0.15, 0.2) is 0 Å². The quantitative estimate of drug-likeness (QED) is 0.649. The molecular formula is C19H29Cl2N3O2. The molecule has 3 N–H and O–H groups in total. The molecular weight excluding hydrogens is 373 g/mol. The van der Waals surface area contributed by atoms with Crippen LogP contribution in [0.25, 0.3) is 0 Å². The number of hydrogen-bond acceptors (Lipinski definition) is 3. The monoisotopic (exact) mass is 401 g/mol. The molecule has 0 unspecified atom stereocenters. The van der Waals surface area contributed by atoms with Crippen LogP contribution in [0.3, 0.4) is 0 Å². The maximum absolute atomic E-state index is 12.1. The topological polar surface area (TPSA) is 70.2 Å². The lowest BCUT2D eigenvalue weighted by Crippen LogP contribution is -2.28. The number of anilines is 1. The fraction of sp³-hybridized carbons (Fsp3) is 0.579. The van der Waals surface area contributed by atoms with E-state index < -0.39 is 0 Å². The van der Waals surface area contributed by atoms with Crippen LogP contribution in [0.1, 0.15) is 49.9 Å². The number of carbonyl (C=O) groups is 2. The maximum Gasteiger partial charge on any atom is 0.252 e. The fourth-order valence-corrected chi connectivity index (χ4v) is 3.16. The second-order valence-electron chi connectivity index (χ2n) is 7.08. The standard InChI is InChI=1S/C19H28ClN3O2.ClH/c1-13(2)12-22-19(25)16-5-4-15(11-17(16)20)23-18(24)6-3-14-7-9-21-10-8-14;/h4-5,11,13-14,21H,3,6-10,12H2,1-2H3,(H,22,25)(H,23,24);1H. The average molecular weight is 402 g/mol. The van der Waals surface area contributed by atoms with Crippen molar-refractivity contribution in [2.45, 2.75) is 39.5 Å². The highest BCUT2D eigenvalue weighted by atomic mass is 35.5. The lowest BCUT2D eigenvalue weighted by atomic mass is 9.93. The minimum atomic E-state index is -0.192. The number of halogens is 2. The summed E-state index contributed by atoms with van der Waals surface area (Å²) >= 11 is 6.20. The van der Waals surface area contributed by atoms with Crippen molar-refractivity contribution in [3.05, 3.63) is 28.8 Å². The zero-order valence-corrected chi connectivity index (χ0v) is 17.0. The second-order valence-corrected chi connectivity index (χ2v) is 7.49. The van der Waals surface area contributed by atoms with Crippen LogP contribution in [0.5, 0.6) is 0 Å². The van der Waals surface area contributed by atoms with Crippen molar-refractivity contribution in [2.24, 2.45) is 11.8 Å². The van der Waals surface area contributed by atoms with Gasteiger partial charge in [-0.05, 0) is 62.4 Å². The van der Waals surface area contributed by atoms with E-state index in [1.54, 1.807) is 18.2 Å². The van der Waals surface area contributed by atoms with E-state index >= 15 is 0 Å². The summed E-state index contributed by atoms with van der Waals surface area (Å²) in [4.78, 5) is 24.2. The summed E-state index contributed by atoms with van der Waals surface area (Å²) in [5, 5.41) is 9.38. The molecule has 146 valence electrons. The van der Waals surface area contributed by atoms with E-state index in [0.717, 1.165) is 32.4 Å². The molecule has 5 nitrogen and oxygen atoms in total. The van der Waals surface area contributed by atoms with Crippen molar-refractivity contribution in [3.63, 3.8) is 0 Å². The summed E-state index contributed by atoms with van der Waals surface area (Å²) in [5.41, 5.74) is 1.05. The zero-order valence-electron chi connectivity index (χ0n) is 15.4. The van der Waals surface area contributed by atoms with E-state index in [1.807, 2.05) is 13.8 Å². The summed E-state index contributed by atoms with van der Waals surface area (Å²) in [6.45, 7) is 6.75. The molecule has 0 aromatic heterocycles. The smallest absolute Gasteiger partial charge is 0.252 e. The number of amides is 2. The fourth-order valence-electron chi connectivity index (χ4n) is 2.90. The van der Waals surface area contributed by atoms with Crippen molar-refractivity contribution in [3.8, 4) is 0 Å². The highest BCUT2D eigenvalue weighted by Crippen LogP contribution is 2.22. The number of nitrogens with one attached hydrogen (secondary N) is 3. The van der Waals surface area contributed by atoms with E-state index in [-0.39, 0.29) is 24.2 Å². The van der Waals surface area contributed by atoms with Crippen molar-refractivity contribution < 1.29 is 9.59 Å². The average Bonchev–Trinajstić information content (AvgIpc) is 2.59. The summed E-state index contributed by atoms with van der Waals surface area (Å²) in [5.74, 6) is 0.804. The summed E-state index contributed by atoms with van der Waals surface area (Å²) < 4.78 is 0. The first kappa shape index (κ1) is 22.7. The lowest BCUT2D eigenvalue weighted by molar-refractivity contribution is -0.116. The van der Waals surface area contributed by atoms with Crippen LogP contribution in [0, 0.1) is 11.8 Å². The molecule has 1 saturated heterocycles. The van der Waals surface area contributed by atoms with E-state index in [1.165, 1.54) is 0 Å². The van der Waals surface area contributed by atoms with E-state index in [4.69, 9.17) is 11.6 Å². The molecule has 0 spiro atoms. The van der Waals surface area contributed by atoms with Crippen molar-refractivity contribution >= 4 is 41.5 Å². The largest absolute Gasteiger partial charge is 0.352 e. The Morgan fingerprint density at radius 3 is 2.58 bits per heavy atom. The van der Waals surface area contributed by atoms with Gasteiger partial charge < -0.3 is 16.0 Å². The molecule has 26 heavy (non-hydrogen) atoms. The number of benzene rings is 1. The van der Waals surface area contributed by atoms with Gasteiger partial charge in [0.05, 0.1) is 10.6 Å². The molecule has 1 aliphatic rings. The molecule has 1 aliphatic heterocycles. The van der Waals surface area contributed by atoms with Crippen LogP contribution in [0.2, 0.25) is 5.02 Å². The zero-order chi connectivity index (χ0) is 18.2. The van der Waals surface area contributed by atoms with E-state index in [2.05, 4.69) is 16.0 Å². The molecule has 1 aromatic carbocycles. The van der Waals surface area contributed by atoms with Crippen LogP contribution < -0.4 is 16.0 Å². The molecule has 2 rings (SSSR count). The molecule has 0 aliphatic carbocycles. The van der Waals surface area contributed by atoms with Crippen molar-refractivity contribution in [1.29, 1.82) is 0 Å². The Hall–Kier alpha value is -1.30. The van der Waals surface area contributed by atoms with Gasteiger partial charge in [-0.2, -0.15) is 0 Å². The molecule has 0 saturated carbocycles. The molecule has 1 fully saturated rings. The van der Waals surface area contributed by atoms with Crippen LogP contribution >= 0.6 is 24.0 Å². The summed E-state index contributed by atoms with van der Waals surface area (Å²) in [6, 6.07) is 5.01. The van der Waals surface area contributed by atoms with Crippen molar-refractivity contribution in [2.75, 3.05) is 25.0 Å². The van der Waals surface area contributed by atoms with Crippen LogP contribution in [-0.2, 0) is 4.79 Å². The Morgan fingerprint density at radius 2 is 1.96 bits per heavy atom. The van der Waals surface area contributed by atoms with Gasteiger partial charge in [-0.1, -0.05) is 25.4 Å². The lowest BCUT2D eigenvalue weighted by Gasteiger charge is -2.22. The number of carbonyl (C=O) groups excluding carboxylic acids is 2. The van der Waals surface area contributed by atoms with Crippen LogP contribution in [0.15, 0.2) is 18.2 Å². The van der Waals surface area contributed by atoms with Gasteiger partial charge in [0.2, 0.25) is 5.91 Å². The molecule has 1 aromatic rings. The SMILES string of the molecule is CC(C)CNC(=O)c1ccc(NC(=O)CCC2CCNCC2)cc1Cl.Cl. The number of hydrogen-bond donors (Lipinski definition) is 3. The Labute approximate surface area is 167 Å². The third-order valence-electron chi connectivity index (χ3n) is 4.41. The summed E-state index contributed by atoms with van der Waals surface area (Å²) in [7, 11) is 0. The summed E-state index contributed by atoms with van der Waals surface area (Å²) in [6.07, 6.45) is 3.70. The normalized spacial score (nSPS) is 14.6. The third kappa shape index (κ3) is 7.52. The van der Waals surface area contributed by atoms with E-state index in [0.29, 0.717) is 41.1 Å². The minimum absolute atomic E-state index is 0. The van der Waals surface area contributed by atoms with Crippen LogP contribution in [-0.4, -0.2) is 31.4 Å². The molecule has 0 radical (unpaired) electrons. The second kappa shape index (κ2) is 11.4. The van der Waals surface area contributed by atoms with E-state index in [9.17, 15) is 9.59 Å². The predicted octanol–water partition coefficient (Wildman–Crippen LogP) is 3.87. The Morgan fingerprint density at radius 1 is 1.27 bits per heavy atom. The van der Waals surface area contributed by atoms with Gasteiger partial charge in [-0.15, -0.1) is 12.4 Å². The molecule has 0 atom stereocenters. The Bertz CT molecular complexity index is 602. The highest BCUT2D eigenvalue weighted by molar-refractivity contribution is 6.34. The molecule has 7 heteroatoms. The van der Waals surface area contributed by atoms with Gasteiger partial charge in [0.25, 0.3) is 5.91 Å². The van der Waals surface area contributed by atoms with Gasteiger partial charge in [0.1, 0.15) is 0 Å². The van der Waals surface area contributed by atoms with Crippen LogP contribution in [0.4, 0.5) is 5.69 Å².